The lowest BCUT2D eigenvalue weighted by Crippen LogP contribution is -2.53. The Kier molecular flexibility index (Phi) is 11.7. The first-order valence-corrected chi connectivity index (χ1v) is 16.8. The zero-order valence-corrected chi connectivity index (χ0v) is 27.8. The molecule has 10 heteroatoms. The summed E-state index contributed by atoms with van der Waals surface area (Å²) < 4.78 is 29.4. The van der Waals surface area contributed by atoms with E-state index in [9.17, 15) is 18.0 Å². The van der Waals surface area contributed by atoms with Crippen LogP contribution in [0.5, 0.6) is 0 Å². The summed E-state index contributed by atoms with van der Waals surface area (Å²) in [6, 6.07) is 28.3. The lowest BCUT2D eigenvalue weighted by atomic mass is 10.0. The van der Waals surface area contributed by atoms with Crippen LogP contribution in [0.15, 0.2) is 108 Å². The van der Waals surface area contributed by atoms with Crippen molar-refractivity contribution in [2.24, 2.45) is 5.92 Å². The van der Waals surface area contributed by atoms with Crippen LogP contribution in [0.2, 0.25) is 10.0 Å². The second kappa shape index (κ2) is 15.4. The monoisotopic (exact) mass is 665 g/mol. The van der Waals surface area contributed by atoms with Gasteiger partial charge in [0.25, 0.3) is 10.0 Å². The highest BCUT2D eigenvalue weighted by atomic mass is 35.5. The molecule has 0 saturated carbocycles. The number of amides is 2. The Morgan fingerprint density at radius 3 is 2.09 bits per heavy atom. The molecule has 0 unspecified atom stereocenters. The van der Waals surface area contributed by atoms with Gasteiger partial charge in [-0.15, -0.1) is 0 Å². The van der Waals surface area contributed by atoms with Crippen molar-refractivity contribution >= 4 is 50.7 Å². The van der Waals surface area contributed by atoms with Crippen molar-refractivity contribution in [3.05, 3.63) is 130 Å². The number of hydrogen-bond acceptors (Lipinski definition) is 4. The molecule has 4 rings (SSSR count). The van der Waals surface area contributed by atoms with E-state index in [1.165, 1.54) is 29.2 Å². The van der Waals surface area contributed by atoms with Crippen LogP contribution in [-0.4, -0.2) is 44.3 Å². The Morgan fingerprint density at radius 2 is 1.44 bits per heavy atom. The Balaban J connectivity index is 1.81. The maximum Gasteiger partial charge on any atom is 0.264 e. The number of carbonyl (C=O) groups is 2. The van der Waals surface area contributed by atoms with Gasteiger partial charge in [-0.1, -0.05) is 97.7 Å². The average Bonchev–Trinajstić information content (AvgIpc) is 3.01. The number of aryl methyl sites for hydroxylation is 1. The van der Waals surface area contributed by atoms with E-state index in [-0.39, 0.29) is 29.7 Å². The summed E-state index contributed by atoms with van der Waals surface area (Å²) in [5.41, 5.74) is 2.58. The van der Waals surface area contributed by atoms with Crippen LogP contribution in [0.25, 0.3) is 0 Å². The predicted octanol–water partition coefficient (Wildman–Crippen LogP) is 6.91. The molecule has 2 amide bonds. The van der Waals surface area contributed by atoms with Gasteiger partial charge >= 0.3 is 0 Å². The first-order chi connectivity index (χ1) is 21.5. The van der Waals surface area contributed by atoms with Gasteiger partial charge < -0.3 is 10.2 Å². The largest absolute Gasteiger partial charge is 0.354 e. The molecule has 1 N–H and O–H groups in total. The minimum Gasteiger partial charge on any atom is -0.354 e. The van der Waals surface area contributed by atoms with Crippen molar-refractivity contribution < 1.29 is 18.0 Å². The molecule has 0 aliphatic heterocycles. The minimum absolute atomic E-state index is 0.0140. The molecule has 45 heavy (non-hydrogen) atoms. The van der Waals surface area contributed by atoms with Crippen LogP contribution in [0.4, 0.5) is 5.69 Å². The molecule has 236 valence electrons. The number of anilines is 1. The van der Waals surface area contributed by atoms with Crippen LogP contribution in [0.3, 0.4) is 0 Å². The molecular formula is C35H37Cl2N3O4S. The number of carbonyl (C=O) groups excluding carboxylic acids is 2. The summed E-state index contributed by atoms with van der Waals surface area (Å²) in [4.78, 5) is 29.8. The average molecular weight is 667 g/mol. The number of para-hydroxylation sites is 1. The van der Waals surface area contributed by atoms with Crippen molar-refractivity contribution in [1.29, 1.82) is 0 Å². The zero-order chi connectivity index (χ0) is 32.6. The molecule has 0 spiro atoms. The molecule has 0 heterocycles. The predicted molar refractivity (Wildman–Crippen MR) is 181 cm³/mol. The molecular weight excluding hydrogens is 629 g/mol. The minimum atomic E-state index is -4.22. The molecule has 7 nitrogen and oxygen atoms in total. The third-order valence-electron chi connectivity index (χ3n) is 7.26. The molecule has 0 aliphatic rings. The molecule has 0 fully saturated rings. The third kappa shape index (κ3) is 9.10. The molecule has 0 saturated heterocycles. The highest BCUT2D eigenvalue weighted by molar-refractivity contribution is 7.92. The lowest BCUT2D eigenvalue weighted by Gasteiger charge is -2.34. The fourth-order valence-corrected chi connectivity index (χ4v) is 6.72. The molecule has 0 aromatic heterocycles. The van der Waals surface area contributed by atoms with E-state index in [4.69, 9.17) is 23.2 Å². The summed E-state index contributed by atoms with van der Waals surface area (Å²) >= 11 is 12.4. The molecule has 1 atom stereocenters. The maximum absolute atomic E-state index is 14.5. The normalized spacial score (nSPS) is 12.0. The maximum atomic E-state index is 14.5. The molecule has 0 bridgehead atoms. The van der Waals surface area contributed by atoms with Gasteiger partial charge in [0.1, 0.15) is 12.6 Å². The van der Waals surface area contributed by atoms with Gasteiger partial charge in [0.05, 0.1) is 10.6 Å². The highest BCUT2D eigenvalue weighted by Crippen LogP contribution is 2.28. The van der Waals surface area contributed by atoms with Crippen LogP contribution < -0.4 is 9.62 Å². The number of sulfonamides is 1. The van der Waals surface area contributed by atoms with E-state index in [1.807, 2.05) is 50.2 Å². The number of hydrogen-bond donors (Lipinski definition) is 1. The molecule has 4 aromatic carbocycles. The van der Waals surface area contributed by atoms with Gasteiger partial charge in [0.15, 0.2) is 0 Å². The second-order valence-corrected chi connectivity index (χ2v) is 14.0. The third-order valence-corrected chi connectivity index (χ3v) is 9.52. The fraction of sp³-hybridized carbons (Fsp3) is 0.257. The summed E-state index contributed by atoms with van der Waals surface area (Å²) in [7, 11) is -4.22. The van der Waals surface area contributed by atoms with Crippen molar-refractivity contribution in [2.45, 2.75) is 44.7 Å². The van der Waals surface area contributed by atoms with Crippen molar-refractivity contribution in [3.63, 3.8) is 0 Å². The van der Waals surface area contributed by atoms with Gasteiger partial charge in [-0.05, 0) is 72.0 Å². The summed E-state index contributed by atoms with van der Waals surface area (Å²) in [6.45, 7) is 5.68. The van der Waals surface area contributed by atoms with Crippen molar-refractivity contribution in [3.8, 4) is 0 Å². The van der Waals surface area contributed by atoms with Crippen molar-refractivity contribution in [1.82, 2.24) is 10.2 Å². The zero-order valence-electron chi connectivity index (χ0n) is 25.5. The summed E-state index contributed by atoms with van der Waals surface area (Å²) in [6.07, 6.45) is 0.228. The first kappa shape index (κ1) is 34.0. The van der Waals surface area contributed by atoms with E-state index < -0.39 is 28.5 Å². The lowest BCUT2D eigenvalue weighted by molar-refractivity contribution is -0.140. The second-order valence-electron chi connectivity index (χ2n) is 11.2. The molecule has 0 aliphatic carbocycles. The molecule has 4 aromatic rings. The number of rotatable bonds is 13. The Labute approximate surface area is 275 Å². The Hall–Kier alpha value is -3.85. The van der Waals surface area contributed by atoms with Gasteiger partial charge in [0.2, 0.25) is 11.8 Å². The summed E-state index contributed by atoms with van der Waals surface area (Å²) in [5, 5.41) is 3.85. The Morgan fingerprint density at radius 1 is 0.800 bits per heavy atom. The van der Waals surface area contributed by atoms with Crippen molar-refractivity contribution in [2.75, 3.05) is 17.4 Å². The first-order valence-electron chi connectivity index (χ1n) is 14.6. The highest BCUT2D eigenvalue weighted by Gasteiger charge is 2.35. The van der Waals surface area contributed by atoms with E-state index in [0.717, 1.165) is 9.87 Å². The van der Waals surface area contributed by atoms with Crippen LogP contribution >= 0.6 is 23.2 Å². The smallest absolute Gasteiger partial charge is 0.264 e. The topological polar surface area (TPSA) is 86.8 Å². The van der Waals surface area contributed by atoms with Gasteiger partial charge in [-0.3, -0.25) is 13.9 Å². The quantitative estimate of drug-likeness (QED) is 0.168. The number of benzene rings is 4. The SMILES string of the molecule is Cc1ccccc1N(CC(=O)N(Cc1cccc(Cl)c1)[C@@H](Cc1ccccc1)C(=O)NCC(C)C)S(=O)(=O)c1ccc(Cl)cc1. The fourth-order valence-electron chi connectivity index (χ4n) is 4.90. The number of halogens is 2. The number of nitrogens with zero attached hydrogens (tertiary/aromatic N) is 2. The van der Waals surface area contributed by atoms with Crippen LogP contribution in [0, 0.1) is 12.8 Å². The standard InChI is InChI=1S/C35H37Cl2N3O4S/c1-25(2)22-38-35(42)33(21-27-11-5-4-6-12-27)39(23-28-13-9-14-30(37)20-28)34(41)24-40(32-15-8-7-10-26(32)3)45(43,44)31-18-16-29(36)17-19-31/h4-20,25,33H,21-24H2,1-3H3,(H,38,42)/t33-/m0/s1. The Bertz CT molecular complexity index is 1710. The van der Waals surface area contributed by atoms with Gasteiger partial charge in [-0.25, -0.2) is 8.42 Å². The van der Waals surface area contributed by atoms with E-state index in [0.29, 0.717) is 33.4 Å². The summed E-state index contributed by atoms with van der Waals surface area (Å²) in [5.74, 6) is -0.688. The van der Waals surface area contributed by atoms with Gasteiger partial charge in [-0.2, -0.15) is 0 Å². The van der Waals surface area contributed by atoms with E-state index in [1.54, 1.807) is 49.4 Å². The van der Waals surface area contributed by atoms with Crippen LogP contribution in [-0.2, 0) is 32.6 Å². The molecule has 0 radical (unpaired) electrons. The van der Waals surface area contributed by atoms with Gasteiger partial charge in [0, 0.05) is 29.6 Å². The van der Waals surface area contributed by atoms with E-state index in [2.05, 4.69) is 5.32 Å². The van der Waals surface area contributed by atoms with E-state index >= 15 is 0 Å². The number of nitrogens with one attached hydrogen (secondary N) is 1. The van der Waals surface area contributed by atoms with Crippen LogP contribution in [0.1, 0.15) is 30.5 Å².